The van der Waals surface area contributed by atoms with Gasteiger partial charge in [0.05, 0.1) is 22.7 Å². The maximum absolute atomic E-state index is 2.45. The quantitative estimate of drug-likeness (QED) is 0.103. The molecule has 0 fully saturated rings. The molecule has 0 saturated carbocycles. The Kier molecular flexibility index (Phi) is 22.6. The van der Waals surface area contributed by atoms with Crippen LogP contribution < -0.4 is 22.8 Å². The zero-order valence-corrected chi connectivity index (χ0v) is 75.9. The molecular formula is C117H115N10+5. The molecule has 10 aromatic heterocycles. The van der Waals surface area contributed by atoms with E-state index in [0.717, 1.165) is 32.7 Å². The van der Waals surface area contributed by atoms with Gasteiger partial charge in [0.15, 0.2) is 63.7 Å². The topological polar surface area (TPSA) is 44.0 Å². The Labute approximate surface area is 749 Å². The molecule has 0 saturated heterocycles. The van der Waals surface area contributed by atoms with E-state index in [1.54, 1.807) is 0 Å². The highest BCUT2D eigenvalue weighted by atomic mass is 15.1. The molecule has 5 aliphatic rings. The molecule has 0 amide bonds. The molecule has 628 valence electrons. The molecule has 0 unspecified atom stereocenters. The van der Waals surface area contributed by atoms with E-state index in [9.17, 15) is 0 Å². The third-order valence-electron chi connectivity index (χ3n) is 26.2. The molecule has 23 rings (SSSR count). The van der Waals surface area contributed by atoms with Gasteiger partial charge in [-0.3, -0.25) is 0 Å². The molecule has 0 aliphatic carbocycles. The SMILES string of the molecule is CC(C)c1cc(-c2ccccc2)cc(C(C)C)c1-n1ccc2c1-c1cccc[n+]1C2.CC(C)c1cccc(C(C)C)c1-n1ccc2c1-c1cccc[n+]1C2.CC(C)c1ccccc1-n1ccc2c1-c1cccc[n+]1C2.Cc1cc(C)c(-n2c(C)cc3c2-c2cccc[n+]2C3)c(C)c1.c1ccc(-c2cccc(-c3ccccc3)c2-n2ccc3c2-c2cccc[n+]2C3)cc1. The summed E-state index contributed by atoms with van der Waals surface area (Å²) >= 11 is 0. The Bertz CT molecular complexity index is 7000. The Hall–Kier alpha value is -14.1. The van der Waals surface area contributed by atoms with Crippen molar-refractivity contribution < 1.29 is 22.8 Å². The number of para-hydroxylation sites is 3. The molecule has 18 aromatic rings. The minimum atomic E-state index is 0.434. The van der Waals surface area contributed by atoms with Crippen LogP contribution in [-0.4, -0.2) is 22.8 Å². The van der Waals surface area contributed by atoms with Gasteiger partial charge in [0.1, 0.15) is 28.5 Å². The summed E-state index contributed by atoms with van der Waals surface area (Å²) in [5.41, 5.74) is 46.7. The van der Waals surface area contributed by atoms with Gasteiger partial charge in [0.2, 0.25) is 28.5 Å². The van der Waals surface area contributed by atoms with Crippen LogP contribution in [0.15, 0.2) is 353 Å². The molecule has 0 atom stereocenters. The molecular weight excluding hydrogens is 1550 g/mol. The number of pyridine rings is 5. The van der Waals surface area contributed by atoms with Crippen molar-refractivity contribution in [2.45, 2.75) is 159 Å². The van der Waals surface area contributed by atoms with Gasteiger partial charge in [-0.1, -0.05) is 233 Å². The van der Waals surface area contributed by atoms with Crippen molar-refractivity contribution in [3.8, 4) is 119 Å². The predicted octanol–water partition coefficient (Wildman–Crippen LogP) is 25.8. The molecule has 8 aromatic carbocycles. The molecule has 10 nitrogen and oxygen atoms in total. The van der Waals surface area contributed by atoms with E-state index in [-0.39, 0.29) is 0 Å². The number of hydrogen-bond acceptors (Lipinski definition) is 0. The molecule has 5 aliphatic heterocycles. The fourth-order valence-electron chi connectivity index (χ4n) is 20.4. The lowest BCUT2D eigenvalue weighted by atomic mass is 9.88. The number of aromatic nitrogens is 10. The van der Waals surface area contributed by atoms with Crippen LogP contribution in [0.3, 0.4) is 0 Å². The predicted molar refractivity (Wildman–Crippen MR) is 518 cm³/mol. The van der Waals surface area contributed by atoms with Gasteiger partial charge >= 0.3 is 0 Å². The minimum Gasteiger partial charge on any atom is -0.311 e. The van der Waals surface area contributed by atoms with Crippen LogP contribution in [0.2, 0.25) is 0 Å². The van der Waals surface area contributed by atoms with Crippen LogP contribution in [0.5, 0.6) is 0 Å². The standard InChI is InChI=1S/C28H21N2.C28H29N2.C22H25N2.C20H21N2.C19H19N2/c1-3-10-21(11-4-1)24-14-9-15-25(22-12-5-2-6-13-22)28(24)30-19-17-23-20-29-18-8-7-16-26(29)27(23)30;1-19(2)24-16-23(21-10-6-5-7-11-21)17-25(20(3)4)28(24)30-15-13-22-18-29-14-9-8-12-26(29)27(22)30;1-15(2)18-8-7-9-19(16(3)4)22(18)24-13-11-17-14-23-12-6-5-10-20(23)21(17)24;1-13-9-14(2)19(15(3)10-13)22-16(4)11-17-12-21-8-6-5-7-18(21)20(17)22;1-14(2)16-7-3-4-8-17(16)21-12-10-15-13-20-11-6-5-9-18(20)19(15)21/h1-19H,20H2;5-17,19-20H,18H2,1-4H3;5-13,15-16H,14H2,1-4H3;5-11H,12H2,1-4H3;3-12,14H,13H2,1-2H3/q5*+1. The number of benzene rings is 8. The summed E-state index contributed by atoms with van der Waals surface area (Å²) in [6.07, 6.45) is 19.8. The lowest BCUT2D eigenvalue weighted by molar-refractivity contribution is -0.672. The molecule has 0 radical (unpaired) electrons. The van der Waals surface area contributed by atoms with E-state index >= 15 is 0 Å². The van der Waals surface area contributed by atoms with Crippen LogP contribution in [-0.2, 0) is 32.7 Å². The van der Waals surface area contributed by atoms with E-state index in [2.05, 4.69) is 496 Å². The first-order valence-corrected chi connectivity index (χ1v) is 45.6. The first-order chi connectivity index (χ1) is 61.8. The van der Waals surface area contributed by atoms with Gasteiger partial charge in [0.25, 0.3) is 0 Å². The highest BCUT2D eigenvalue weighted by molar-refractivity contribution is 5.87. The number of nitrogens with zero attached hydrogens (tertiary/aromatic N) is 10. The first kappa shape index (κ1) is 82.5. The molecule has 127 heavy (non-hydrogen) atoms. The summed E-state index contributed by atoms with van der Waals surface area (Å²) in [6, 6.07) is 107. The van der Waals surface area contributed by atoms with Gasteiger partial charge in [-0.25, -0.2) is 0 Å². The fourth-order valence-corrected chi connectivity index (χ4v) is 20.4. The lowest BCUT2D eigenvalue weighted by Gasteiger charge is -2.23. The van der Waals surface area contributed by atoms with Gasteiger partial charge in [-0.15, -0.1) is 0 Å². The van der Waals surface area contributed by atoms with Gasteiger partial charge < -0.3 is 22.8 Å². The van der Waals surface area contributed by atoms with Crippen LogP contribution in [0, 0.1) is 27.7 Å². The first-order valence-electron chi connectivity index (χ1n) is 45.6. The minimum absolute atomic E-state index is 0.434. The van der Waals surface area contributed by atoms with E-state index in [1.807, 2.05) is 0 Å². The highest BCUT2D eigenvalue weighted by Gasteiger charge is 2.37. The third-order valence-corrected chi connectivity index (χ3v) is 26.2. The average Bonchev–Trinajstić information content (AvgIpc) is 1.62. The number of aryl methyl sites for hydroxylation is 4. The summed E-state index contributed by atoms with van der Waals surface area (Å²) in [7, 11) is 0. The Morgan fingerprint density at radius 1 is 0.236 bits per heavy atom. The van der Waals surface area contributed by atoms with Crippen LogP contribution in [0.4, 0.5) is 0 Å². The van der Waals surface area contributed by atoms with E-state index < -0.39 is 0 Å². The van der Waals surface area contributed by atoms with E-state index in [1.165, 1.54) is 197 Å². The van der Waals surface area contributed by atoms with E-state index in [0.29, 0.717) is 29.6 Å². The fraction of sp³-hybridized carbons (Fsp3) is 0.205. The van der Waals surface area contributed by atoms with Crippen molar-refractivity contribution in [3.63, 3.8) is 0 Å². The van der Waals surface area contributed by atoms with Crippen molar-refractivity contribution >= 4 is 0 Å². The Morgan fingerprint density at radius 2 is 0.551 bits per heavy atom. The van der Waals surface area contributed by atoms with Crippen LogP contribution >= 0.6 is 0 Å². The number of fused-ring (bicyclic) bond motifs is 15. The highest BCUT2D eigenvalue weighted by Crippen LogP contribution is 2.45. The molecule has 0 bridgehead atoms. The van der Waals surface area contributed by atoms with Gasteiger partial charge in [0, 0.05) is 136 Å². The zero-order valence-electron chi connectivity index (χ0n) is 75.9. The molecule has 15 heterocycles. The Balaban J connectivity index is 0.000000104. The second-order valence-electron chi connectivity index (χ2n) is 36.5. The van der Waals surface area contributed by atoms with Gasteiger partial charge in [-0.05, 0) is 197 Å². The van der Waals surface area contributed by atoms with Crippen molar-refractivity contribution in [1.29, 1.82) is 0 Å². The lowest BCUT2D eigenvalue weighted by Crippen LogP contribution is -2.31. The third kappa shape index (κ3) is 15.4. The van der Waals surface area contributed by atoms with Crippen molar-refractivity contribution in [2.75, 3.05) is 0 Å². The smallest absolute Gasteiger partial charge is 0.230 e. The molecule has 10 heteroatoms. The number of rotatable bonds is 13. The maximum atomic E-state index is 2.45. The number of hydrogen-bond donors (Lipinski definition) is 0. The zero-order chi connectivity index (χ0) is 87.4. The second-order valence-corrected chi connectivity index (χ2v) is 36.5. The molecule has 0 N–H and O–H groups in total. The summed E-state index contributed by atoms with van der Waals surface area (Å²) in [6.45, 7) is 36.5. The summed E-state index contributed by atoms with van der Waals surface area (Å²) in [5, 5.41) is 0. The van der Waals surface area contributed by atoms with Gasteiger partial charge in [-0.2, -0.15) is 22.8 Å². The summed E-state index contributed by atoms with van der Waals surface area (Å²) in [4.78, 5) is 0. The van der Waals surface area contributed by atoms with Crippen molar-refractivity contribution in [3.05, 3.63) is 431 Å². The summed E-state index contributed by atoms with van der Waals surface area (Å²) in [5.74, 6) is 2.39. The van der Waals surface area contributed by atoms with Crippen molar-refractivity contribution in [2.24, 2.45) is 0 Å². The second kappa shape index (κ2) is 34.8. The van der Waals surface area contributed by atoms with E-state index in [4.69, 9.17) is 0 Å². The molecule has 0 spiro atoms. The maximum Gasteiger partial charge on any atom is 0.230 e. The van der Waals surface area contributed by atoms with Crippen LogP contribution in [0.1, 0.15) is 177 Å². The largest absolute Gasteiger partial charge is 0.311 e. The average molecular weight is 1660 g/mol. The van der Waals surface area contributed by atoms with Crippen molar-refractivity contribution in [1.82, 2.24) is 22.8 Å². The van der Waals surface area contributed by atoms with Crippen LogP contribution in [0.25, 0.3) is 119 Å². The Morgan fingerprint density at radius 3 is 0.953 bits per heavy atom. The monoisotopic (exact) mass is 1660 g/mol. The normalized spacial score (nSPS) is 12.4. The summed E-state index contributed by atoms with van der Waals surface area (Å²) < 4.78 is 23.7.